The molecular weight excluding hydrogens is 542 g/mol. The maximum absolute atomic E-state index is 12.5. The standard InChI is InChI=1S/C23H19BrClN5OS2/c1-2-11-30-21(18-5-3-4-6-19(18)25)28-29-23(30)32-14-20(31)27-22-26-13-17(33-22)12-15-7-9-16(24)10-8-15/h2-10,13H,1,11-12,14H2,(H,26,27,31). The number of hydrogen-bond acceptors (Lipinski definition) is 6. The van der Waals surface area contributed by atoms with Crippen LogP contribution in [-0.4, -0.2) is 31.4 Å². The van der Waals surface area contributed by atoms with E-state index >= 15 is 0 Å². The Balaban J connectivity index is 1.38. The molecule has 0 saturated carbocycles. The van der Waals surface area contributed by atoms with Crippen LogP contribution in [0, 0.1) is 0 Å². The predicted molar refractivity (Wildman–Crippen MR) is 139 cm³/mol. The van der Waals surface area contributed by atoms with Crippen LogP contribution < -0.4 is 5.32 Å². The fraction of sp³-hybridized carbons (Fsp3) is 0.130. The van der Waals surface area contributed by atoms with E-state index in [2.05, 4.69) is 55.1 Å². The van der Waals surface area contributed by atoms with Gasteiger partial charge in [-0.15, -0.1) is 28.1 Å². The summed E-state index contributed by atoms with van der Waals surface area (Å²) in [7, 11) is 0. The van der Waals surface area contributed by atoms with Crippen LogP contribution in [0.25, 0.3) is 11.4 Å². The van der Waals surface area contributed by atoms with Crippen molar-refractivity contribution in [2.45, 2.75) is 18.1 Å². The van der Waals surface area contributed by atoms with Crippen molar-refractivity contribution in [2.75, 3.05) is 11.1 Å². The van der Waals surface area contributed by atoms with E-state index in [0.717, 1.165) is 21.3 Å². The molecule has 0 bridgehead atoms. The van der Waals surface area contributed by atoms with Crippen molar-refractivity contribution >= 4 is 61.7 Å². The van der Waals surface area contributed by atoms with Gasteiger partial charge >= 0.3 is 0 Å². The van der Waals surface area contributed by atoms with E-state index < -0.39 is 0 Å². The Kier molecular flexibility index (Phi) is 7.97. The maximum atomic E-state index is 12.5. The number of thioether (sulfide) groups is 1. The average molecular weight is 561 g/mol. The number of anilines is 1. The highest BCUT2D eigenvalue weighted by Gasteiger charge is 2.17. The van der Waals surface area contributed by atoms with Crippen molar-refractivity contribution in [3.63, 3.8) is 0 Å². The average Bonchev–Trinajstić information content (AvgIpc) is 3.41. The van der Waals surface area contributed by atoms with Crippen LogP contribution in [-0.2, 0) is 17.8 Å². The third-order valence-corrected chi connectivity index (χ3v) is 7.30. The van der Waals surface area contributed by atoms with E-state index in [1.54, 1.807) is 12.3 Å². The first kappa shape index (κ1) is 23.7. The number of carbonyl (C=O) groups is 1. The monoisotopic (exact) mass is 559 g/mol. The summed E-state index contributed by atoms with van der Waals surface area (Å²) in [5, 5.41) is 13.2. The predicted octanol–water partition coefficient (Wildman–Crippen LogP) is 6.33. The third kappa shape index (κ3) is 6.11. The third-order valence-electron chi connectivity index (χ3n) is 4.57. The number of benzene rings is 2. The topological polar surface area (TPSA) is 72.7 Å². The van der Waals surface area contributed by atoms with Gasteiger partial charge in [-0.2, -0.15) is 0 Å². The molecule has 6 nitrogen and oxygen atoms in total. The van der Waals surface area contributed by atoms with Crippen LogP contribution in [0.5, 0.6) is 0 Å². The number of carbonyl (C=O) groups excluding carboxylic acids is 1. The van der Waals surface area contributed by atoms with Gasteiger partial charge in [0.15, 0.2) is 16.1 Å². The number of nitrogens with one attached hydrogen (secondary N) is 1. The molecule has 2 aromatic heterocycles. The van der Waals surface area contributed by atoms with Gasteiger partial charge in [0.2, 0.25) is 5.91 Å². The molecule has 2 aromatic carbocycles. The molecule has 0 spiro atoms. The molecule has 168 valence electrons. The molecule has 0 unspecified atom stereocenters. The number of halogens is 2. The first-order valence-electron chi connectivity index (χ1n) is 9.94. The number of thiazole rings is 1. The minimum absolute atomic E-state index is 0.156. The molecule has 10 heteroatoms. The van der Waals surface area contributed by atoms with Crippen LogP contribution in [0.1, 0.15) is 10.4 Å². The summed E-state index contributed by atoms with van der Waals surface area (Å²) in [5.74, 6) is 0.664. The van der Waals surface area contributed by atoms with Gasteiger partial charge in [0.05, 0.1) is 10.8 Å². The summed E-state index contributed by atoms with van der Waals surface area (Å²) in [6.07, 6.45) is 4.33. The Bertz CT molecular complexity index is 1270. The molecule has 33 heavy (non-hydrogen) atoms. The molecular formula is C23H19BrClN5OS2. The van der Waals surface area contributed by atoms with Crippen molar-refractivity contribution < 1.29 is 4.79 Å². The summed E-state index contributed by atoms with van der Waals surface area (Å²) in [4.78, 5) is 17.9. The Morgan fingerprint density at radius 2 is 2.00 bits per heavy atom. The van der Waals surface area contributed by atoms with Gasteiger partial charge in [0, 0.05) is 34.1 Å². The second-order valence-corrected chi connectivity index (χ2v) is 10.3. The molecule has 0 aliphatic rings. The first-order chi connectivity index (χ1) is 16.0. The molecule has 1 amide bonds. The van der Waals surface area contributed by atoms with Gasteiger partial charge in [-0.25, -0.2) is 4.98 Å². The SMILES string of the molecule is C=CCn1c(SCC(=O)Nc2ncc(Cc3ccc(Br)cc3)s2)nnc1-c1ccccc1Cl. The highest BCUT2D eigenvalue weighted by atomic mass is 79.9. The van der Waals surface area contributed by atoms with E-state index in [9.17, 15) is 4.79 Å². The molecule has 0 aliphatic heterocycles. The highest BCUT2D eigenvalue weighted by Crippen LogP contribution is 2.29. The normalized spacial score (nSPS) is 10.8. The van der Waals surface area contributed by atoms with Crippen LogP contribution in [0.15, 0.2) is 77.0 Å². The number of nitrogens with zero attached hydrogens (tertiary/aromatic N) is 4. The van der Waals surface area contributed by atoms with Crippen molar-refractivity contribution in [1.82, 2.24) is 19.7 Å². The minimum atomic E-state index is -0.156. The lowest BCUT2D eigenvalue weighted by Gasteiger charge is -2.08. The number of hydrogen-bond donors (Lipinski definition) is 1. The number of rotatable bonds is 9. The first-order valence-corrected chi connectivity index (χ1v) is 12.9. The van der Waals surface area contributed by atoms with Gasteiger partial charge in [-0.05, 0) is 29.8 Å². The molecule has 0 radical (unpaired) electrons. The van der Waals surface area contributed by atoms with E-state index in [-0.39, 0.29) is 11.7 Å². The summed E-state index contributed by atoms with van der Waals surface area (Å²) in [6, 6.07) is 15.6. The Hall–Kier alpha value is -2.46. The summed E-state index contributed by atoms with van der Waals surface area (Å²) < 4.78 is 2.94. The molecule has 4 aromatic rings. The Morgan fingerprint density at radius 1 is 1.21 bits per heavy atom. The molecule has 0 fully saturated rings. The number of amides is 1. The molecule has 0 aliphatic carbocycles. The van der Waals surface area contributed by atoms with Gasteiger partial charge in [0.1, 0.15) is 0 Å². The lowest BCUT2D eigenvalue weighted by atomic mass is 10.1. The Labute approximate surface area is 213 Å². The molecule has 1 N–H and O–H groups in total. The van der Waals surface area contributed by atoms with Crippen LogP contribution in [0.3, 0.4) is 0 Å². The second-order valence-electron chi connectivity index (χ2n) is 6.96. The summed E-state index contributed by atoms with van der Waals surface area (Å²) >= 11 is 12.6. The van der Waals surface area contributed by atoms with Crippen molar-refractivity contribution in [3.8, 4) is 11.4 Å². The van der Waals surface area contributed by atoms with Crippen molar-refractivity contribution in [2.24, 2.45) is 0 Å². The zero-order valence-corrected chi connectivity index (χ0v) is 21.3. The van der Waals surface area contributed by atoms with Crippen LogP contribution in [0.2, 0.25) is 5.02 Å². The van der Waals surface area contributed by atoms with Gasteiger partial charge in [-0.1, -0.05) is 69.6 Å². The quantitative estimate of drug-likeness (QED) is 0.191. The van der Waals surface area contributed by atoms with E-state index in [1.165, 1.54) is 28.7 Å². The zero-order valence-electron chi connectivity index (χ0n) is 17.4. The lowest BCUT2D eigenvalue weighted by Crippen LogP contribution is -2.14. The van der Waals surface area contributed by atoms with Crippen molar-refractivity contribution in [3.05, 3.63) is 87.3 Å². The molecule has 2 heterocycles. The fourth-order valence-corrected chi connectivity index (χ4v) is 5.16. The summed E-state index contributed by atoms with van der Waals surface area (Å²) in [5.41, 5.74) is 1.97. The van der Waals surface area contributed by atoms with Gasteiger partial charge in [0.25, 0.3) is 0 Å². The van der Waals surface area contributed by atoms with E-state index in [4.69, 9.17) is 11.6 Å². The number of aromatic nitrogens is 4. The highest BCUT2D eigenvalue weighted by molar-refractivity contribution is 9.10. The van der Waals surface area contributed by atoms with Crippen molar-refractivity contribution in [1.29, 1.82) is 0 Å². The Morgan fingerprint density at radius 3 is 2.76 bits per heavy atom. The van der Waals surface area contributed by atoms with Crippen LogP contribution in [0.4, 0.5) is 5.13 Å². The maximum Gasteiger partial charge on any atom is 0.236 e. The number of allylic oxidation sites excluding steroid dienone is 1. The smallest absolute Gasteiger partial charge is 0.236 e. The zero-order chi connectivity index (χ0) is 23.2. The molecule has 0 atom stereocenters. The lowest BCUT2D eigenvalue weighted by molar-refractivity contribution is -0.113. The van der Waals surface area contributed by atoms with E-state index in [1.807, 2.05) is 41.0 Å². The minimum Gasteiger partial charge on any atom is -0.301 e. The van der Waals surface area contributed by atoms with Crippen LogP contribution >= 0.6 is 50.6 Å². The van der Waals surface area contributed by atoms with E-state index in [0.29, 0.717) is 27.7 Å². The van der Waals surface area contributed by atoms with Gasteiger partial charge < -0.3 is 5.32 Å². The summed E-state index contributed by atoms with van der Waals surface area (Å²) in [6.45, 7) is 4.32. The molecule has 0 saturated heterocycles. The fourth-order valence-electron chi connectivity index (χ4n) is 3.07. The van der Waals surface area contributed by atoms with Gasteiger partial charge in [-0.3, -0.25) is 9.36 Å². The largest absolute Gasteiger partial charge is 0.301 e. The molecule has 4 rings (SSSR count). The second kappa shape index (κ2) is 11.1.